The molecule has 4 fully saturated rings. The van der Waals surface area contributed by atoms with E-state index in [9.17, 15) is 19.8 Å². The maximum atomic E-state index is 13.7. The van der Waals surface area contributed by atoms with Crippen molar-refractivity contribution in [2.75, 3.05) is 7.11 Å². The number of fused-ring (bicyclic) bond motifs is 3. The molecular formula is C24H33NO5. The third kappa shape index (κ3) is 2.41. The summed E-state index contributed by atoms with van der Waals surface area (Å²) in [5.74, 6) is -0.944. The van der Waals surface area contributed by atoms with Crippen LogP contribution in [0, 0.1) is 28.6 Å². The number of nitrogens with one attached hydrogen (secondary N) is 1. The summed E-state index contributed by atoms with van der Waals surface area (Å²) >= 11 is 0. The Hall–Kier alpha value is -1.50. The van der Waals surface area contributed by atoms with Crippen LogP contribution < -0.4 is 5.32 Å². The molecule has 2 bridgehead atoms. The molecule has 0 aromatic rings. The Morgan fingerprint density at radius 1 is 1.30 bits per heavy atom. The lowest BCUT2D eigenvalue weighted by molar-refractivity contribution is -0.152. The molecule has 0 aromatic heterocycles. The predicted molar refractivity (Wildman–Crippen MR) is 110 cm³/mol. The molecular weight excluding hydrogens is 382 g/mol. The van der Waals surface area contributed by atoms with Crippen LogP contribution in [0.2, 0.25) is 0 Å². The van der Waals surface area contributed by atoms with Crippen molar-refractivity contribution in [3.05, 3.63) is 23.8 Å². The standard InChI is InChI=1S/C24H33NO5/c1-12-10-23-11-24(12,29)8-7-16(23)15-9-17(30-4)20(27)22(3,13(2)26)18(15)19(23)21(28)25-14-5-6-14/h9,14,16-20,27,29H,1,5-8,10-11H2,2-4H3,(H,25,28)/t16-,17+,18+,19+,20-,22-,23-,24-/m0/s1. The van der Waals surface area contributed by atoms with Gasteiger partial charge in [-0.15, -0.1) is 0 Å². The van der Waals surface area contributed by atoms with Crippen LogP contribution in [-0.2, 0) is 14.3 Å². The summed E-state index contributed by atoms with van der Waals surface area (Å²) in [6.45, 7) is 7.49. The maximum Gasteiger partial charge on any atom is 0.224 e. The third-order valence-electron chi connectivity index (χ3n) is 9.24. The third-order valence-corrected chi connectivity index (χ3v) is 9.24. The zero-order chi connectivity index (χ0) is 21.6. The van der Waals surface area contributed by atoms with Crippen LogP contribution >= 0.6 is 0 Å². The summed E-state index contributed by atoms with van der Waals surface area (Å²) in [5, 5.41) is 25.7. The zero-order valence-electron chi connectivity index (χ0n) is 18.1. The van der Waals surface area contributed by atoms with Crippen LogP contribution in [-0.4, -0.2) is 52.9 Å². The number of amides is 1. The Morgan fingerprint density at radius 2 is 2.00 bits per heavy atom. The van der Waals surface area contributed by atoms with Crippen LogP contribution in [0.15, 0.2) is 23.8 Å². The van der Waals surface area contributed by atoms with E-state index in [1.807, 2.05) is 6.08 Å². The number of Topliss-reactive ketones (excluding diaryl/α,β-unsaturated/α-hetero) is 1. The van der Waals surface area contributed by atoms with E-state index in [2.05, 4.69) is 11.9 Å². The molecule has 8 atom stereocenters. The largest absolute Gasteiger partial charge is 0.389 e. The molecule has 6 heteroatoms. The van der Waals surface area contributed by atoms with Gasteiger partial charge in [-0.25, -0.2) is 0 Å². The van der Waals surface area contributed by atoms with Crippen molar-refractivity contribution >= 4 is 11.7 Å². The highest BCUT2D eigenvalue weighted by Crippen LogP contribution is 2.73. The number of carbonyl (C=O) groups is 2. The minimum absolute atomic E-state index is 0.0367. The Bertz CT molecular complexity index is 862. The fourth-order valence-corrected chi connectivity index (χ4v) is 7.43. The molecule has 0 unspecified atom stereocenters. The summed E-state index contributed by atoms with van der Waals surface area (Å²) in [5.41, 5.74) is -0.642. The van der Waals surface area contributed by atoms with Crippen molar-refractivity contribution in [2.45, 2.75) is 76.2 Å². The first-order valence-electron chi connectivity index (χ1n) is 11.2. The number of hydrogen-bond acceptors (Lipinski definition) is 5. The van der Waals surface area contributed by atoms with Crippen LogP contribution in [0.1, 0.15) is 52.4 Å². The minimum Gasteiger partial charge on any atom is -0.389 e. The van der Waals surface area contributed by atoms with Gasteiger partial charge in [-0.2, -0.15) is 0 Å². The molecule has 0 radical (unpaired) electrons. The molecule has 0 heterocycles. The van der Waals surface area contributed by atoms with Gasteiger partial charge >= 0.3 is 0 Å². The van der Waals surface area contributed by atoms with Crippen LogP contribution in [0.3, 0.4) is 0 Å². The number of allylic oxidation sites excluding steroid dienone is 1. The zero-order valence-corrected chi connectivity index (χ0v) is 18.1. The molecule has 0 aromatic carbocycles. The Kier molecular flexibility index (Phi) is 4.26. The number of ketones is 1. The quantitative estimate of drug-likeness (QED) is 0.610. The fourth-order valence-electron chi connectivity index (χ4n) is 7.43. The van der Waals surface area contributed by atoms with E-state index in [1.165, 1.54) is 6.92 Å². The van der Waals surface area contributed by atoms with Crippen molar-refractivity contribution in [1.29, 1.82) is 0 Å². The SMILES string of the molecule is C=C1C[C@]23C[C@@]1(O)CC[C@H]2C1=C[C@@H](OC)[C@H](O)[C@@](C)(C(C)=O)[C@H]1[C@@H]3C(=O)NC1CC1. The van der Waals surface area contributed by atoms with Gasteiger partial charge in [0.15, 0.2) is 0 Å². The van der Waals surface area contributed by atoms with Gasteiger partial charge in [-0.1, -0.05) is 18.2 Å². The topological polar surface area (TPSA) is 95.9 Å². The minimum atomic E-state index is -1.12. The van der Waals surface area contributed by atoms with Crippen molar-refractivity contribution in [1.82, 2.24) is 5.32 Å². The Labute approximate surface area is 177 Å². The van der Waals surface area contributed by atoms with E-state index >= 15 is 0 Å². The molecule has 5 aliphatic carbocycles. The first-order chi connectivity index (χ1) is 14.1. The Balaban J connectivity index is 1.70. The van der Waals surface area contributed by atoms with Gasteiger partial charge < -0.3 is 20.3 Å². The molecule has 5 rings (SSSR count). The average molecular weight is 416 g/mol. The van der Waals surface area contributed by atoms with Gasteiger partial charge in [-0.05, 0) is 69.3 Å². The predicted octanol–water partition coefficient (Wildman–Crippen LogP) is 1.90. The lowest BCUT2D eigenvalue weighted by Crippen LogP contribution is -2.57. The molecule has 5 aliphatic rings. The molecule has 1 spiro atoms. The molecule has 1 amide bonds. The van der Waals surface area contributed by atoms with Gasteiger partial charge in [0, 0.05) is 19.1 Å². The van der Waals surface area contributed by atoms with Crippen molar-refractivity contribution in [3.8, 4) is 0 Å². The first kappa shape index (κ1) is 20.4. The highest BCUT2D eigenvalue weighted by Gasteiger charge is 2.73. The molecule has 6 nitrogen and oxygen atoms in total. The van der Waals surface area contributed by atoms with E-state index in [0.29, 0.717) is 19.3 Å². The van der Waals surface area contributed by atoms with Crippen LogP contribution in [0.5, 0.6) is 0 Å². The van der Waals surface area contributed by atoms with Crippen LogP contribution in [0.4, 0.5) is 0 Å². The smallest absolute Gasteiger partial charge is 0.224 e. The average Bonchev–Trinajstić information content (AvgIpc) is 3.41. The monoisotopic (exact) mass is 415 g/mol. The van der Waals surface area contributed by atoms with Gasteiger partial charge in [0.1, 0.15) is 11.9 Å². The second kappa shape index (κ2) is 6.27. The Morgan fingerprint density at radius 3 is 2.60 bits per heavy atom. The molecule has 3 N–H and O–H groups in total. The summed E-state index contributed by atoms with van der Waals surface area (Å²) < 4.78 is 5.58. The van der Waals surface area contributed by atoms with E-state index in [1.54, 1.807) is 14.0 Å². The summed E-state index contributed by atoms with van der Waals surface area (Å²) in [4.78, 5) is 26.7. The van der Waals surface area contributed by atoms with E-state index < -0.39 is 40.5 Å². The molecule has 30 heavy (non-hydrogen) atoms. The summed E-state index contributed by atoms with van der Waals surface area (Å²) in [6.07, 6.45) is 4.80. The van der Waals surface area contributed by atoms with E-state index in [-0.39, 0.29) is 23.7 Å². The second-order valence-electron chi connectivity index (χ2n) is 10.7. The summed E-state index contributed by atoms with van der Waals surface area (Å²) in [6, 6.07) is 0.205. The lowest BCUT2D eigenvalue weighted by atomic mass is 9.58. The maximum absolute atomic E-state index is 13.7. The lowest BCUT2D eigenvalue weighted by Gasteiger charge is -2.47. The van der Waals surface area contributed by atoms with Crippen molar-refractivity contribution in [2.24, 2.45) is 28.6 Å². The molecule has 4 saturated carbocycles. The van der Waals surface area contributed by atoms with Gasteiger partial charge in [0.25, 0.3) is 0 Å². The van der Waals surface area contributed by atoms with Gasteiger partial charge in [0.05, 0.1) is 23.0 Å². The van der Waals surface area contributed by atoms with Crippen molar-refractivity contribution in [3.63, 3.8) is 0 Å². The fraction of sp³-hybridized carbons (Fsp3) is 0.750. The highest BCUT2D eigenvalue weighted by molar-refractivity contribution is 5.88. The first-order valence-corrected chi connectivity index (χ1v) is 11.2. The number of aliphatic hydroxyl groups is 2. The number of ether oxygens (including phenoxy) is 1. The van der Waals surface area contributed by atoms with E-state index in [4.69, 9.17) is 4.74 Å². The van der Waals surface area contributed by atoms with Crippen molar-refractivity contribution < 1.29 is 24.5 Å². The van der Waals surface area contributed by atoms with E-state index in [0.717, 1.165) is 30.4 Å². The number of carbonyl (C=O) groups excluding carboxylic acids is 2. The highest BCUT2D eigenvalue weighted by atomic mass is 16.5. The molecule has 0 saturated heterocycles. The second-order valence-corrected chi connectivity index (χ2v) is 10.7. The number of aliphatic hydroxyl groups excluding tert-OH is 1. The van der Waals surface area contributed by atoms with Gasteiger partial charge in [-0.3, -0.25) is 9.59 Å². The molecule has 0 aliphatic heterocycles. The normalized spacial score (nSPS) is 49.3. The number of methoxy groups -OCH3 is 1. The number of hydrogen-bond donors (Lipinski definition) is 3. The number of rotatable bonds is 4. The summed E-state index contributed by atoms with van der Waals surface area (Å²) in [7, 11) is 1.55. The van der Waals surface area contributed by atoms with Gasteiger partial charge in [0.2, 0.25) is 5.91 Å². The molecule has 164 valence electrons. The van der Waals surface area contributed by atoms with Crippen LogP contribution in [0.25, 0.3) is 0 Å².